The Labute approximate surface area is 177 Å². The Morgan fingerprint density at radius 2 is 1.42 bits per heavy atom. The molecule has 1 amide bonds. The summed E-state index contributed by atoms with van der Waals surface area (Å²) in [7, 11) is 0. The Morgan fingerprint density at radius 3 is 2.10 bits per heavy atom. The third-order valence-corrected chi connectivity index (χ3v) is 4.97. The van der Waals surface area contributed by atoms with Crippen LogP contribution in [-0.4, -0.2) is 34.7 Å². The van der Waals surface area contributed by atoms with Crippen molar-refractivity contribution in [2.24, 2.45) is 0 Å². The van der Waals surface area contributed by atoms with E-state index < -0.39 is 18.0 Å². The normalized spacial score (nSPS) is 13.1. The number of hydrogen-bond acceptors (Lipinski definition) is 6. The van der Waals surface area contributed by atoms with Gasteiger partial charge in [0.1, 0.15) is 11.3 Å². The minimum absolute atomic E-state index is 0.0568. The lowest BCUT2D eigenvalue weighted by Crippen LogP contribution is -2.30. The highest BCUT2D eigenvalue weighted by Crippen LogP contribution is 2.29. The molecule has 0 aromatic heterocycles. The number of amides is 1. The molecule has 0 radical (unpaired) electrons. The number of ether oxygens (including phenoxy) is 1. The first-order valence-electron chi connectivity index (χ1n) is 9.49. The highest BCUT2D eigenvalue weighted by atomic mass is 16.5. The number of hydrogen-bond donors (Lipinski definition) is 2. The Kier molecular flexibility index (Phi) is 5.09. The van der Waals surface area contributed by atoms with Crippen LogP contribution >= 0.6 is 0 Å². The minimum atomic E-state index is -1.17. The van der Waals surface area contributed by atoms with Gasteiger partial charge < -0.3 is 15.2 Å². The fourth-order valence-corrected chi connectivity index (χ4v) is 3.34. The van der Waals surface area contributed by atoms with Crippen molar-refractivity contribution in [2.75, 3.05) is 5.32 Å². The Hall–Kier alpha value is -4.26. The van der Waals surface area contributed by atoms with Crippen molar-refractivity contribution in [3.63, 3.8) is 0 Å². The number of para-hydroxylation sites is 1. The van der Waals surface area contributed by atoms with E-state index in [2.05, 4.69) is 5.32 Å². The Bertz CT molecular complexity index is 1250. The molecule has 31 heavy (non-hydrogen) atoms. The van der Waals surface area contributed by atoms with E-state index in [9.17, 15) is 24.3 Å². The number of phenols is 1. The van der Waals surface area contributed by atoms with Gasteiger partial charge in [0.2, 0.25) is 0 Å². The van der Waals surface area contributed by atoms with E-state index >= 15 is 0 Å². The largest absolute Gasteiger partial charge is 0.507 e. The summed E-state index contributed by atoms with van der Waals surface area (Å²) in [5, 5.41) is 12.3. The molecule has 3 aromatic carbocycles. The minimum Gasteiger partial charge on any atom is -0.507 e. The second kappa shape index (κ2) is 7.87. The van der Waals surface area contributed by atoms with Crippen LogP contribution in [0.4, 0.5) is 5.69 Å². The van der Waals surface area contributed by atoms with E-state index in [1.54, 1.807) is 36.4 Å². The van der Waals surface area contributed by atoms with Crippen LogP contribution in [0.3, 0.4) is 0 Å². The predicted molar refractivity (Wildman–Crippen MR) is 111 cm³/mol. The maximum Gasteiger partial charge on any atom is 0.342 e. The van der Waals surface area contributed by atoms with E-state index in [1.165, 1.54) is 37.3 Å². The molecule has 1 atom stereocenters. The molecule has 7 heteroatoms. The maximum atomic E-state index is 12.8. The zero-order chi connectivity index (χ0) is 22.1. The van der Waals surface area contributed by atoms with E-state index in [4.69, 9.17) is 4.74 Å². The second-order valence-corrected chi connectivity index (χ2v) is 7.02. The maximum absolute atomic E-state index is 12.8. The number of benzene rings is 3. The number of carbonyl (C=O) groups is 4. The van der Waals surface area contributed by atoms with Crippen LogP contribution in [0.2, 0.25) is 0 Å². The molecule has 7 nitrogen and oxygen atoms in total. The molecule has 0 unspecified atom stereocenters. The number of ketones is 2. The molecule has 1 aliphatic rings. The van der Waals surface area contributed by atoms with Crippen molar-refractivity contribution in [1.82, 2.24) is 0 Å². The van der Waals surface area contributed by atoms with E-state index in [-0.39, 0.29) is 39.7 Å². The van der Waals surface area contributed by atoms with Gasteiger partial charge >= 0.3 is 5.97 Å². The topological polar surface area (TPSA) is 110 Å². The predicted octanol–water partition coefficient (Wildman–Crippen LogP) is 3.35. The molecular formula is C24H17NO6. The summed E-state index contributed by atoms with van der Waals surface area (Å²) in [4.78, 5) is 50.1. The van der Waals surface area contributed by atoms with E-state index in [0.717, 1.165) is 0 Å². The number of phenolic OH excluding ortho intramolecular Hbond substituents is 1. The number of anilines is 1. The van der Waals surface area contributed by atoms with Crippen LogP contribution in [0.1, 0.15) is 49.1 Å². The summed E-state index contributed by atoms with van der Waals surface area (Å²) >= 11 is 0. The van der Waals surface area contributed by atoms with Crippen LogP contribution in [0, 0.1) is 0 Å². The average Bonchev–Trinajstić information content (AvgIpc) is 2.77. The quantitative estimate of drug-likeness (QED) is 0.495. The molecule has 0 saturated heterocycles. The van der Waals surface area contributed by atoms with Crippen LogP contribution in [0.5, 0.6) is 5.75 Å². The Balaban J connectivity index is 1.51. The monoisotopic (exact) mass is 415 g/mol. The smallest absolute Gasteiger partial charge is 0.342 e. The number of fused-ring (bicyclic) bond motifs is 2. The number of carbonyl (C=O) groups excluding carboxylic acids is 4. The van der Waals surface area contributed by atoms with Crippen molar-refractivity contribution in [3.8, 4) is 5.75 Å². The average molecular weight is 415 g/mol. The van der Waals surface area contributed by atoms with Gasteiger partial charge in [-0.1, -0.05) is 36.4 Å². The fraction of sp³-hybridized carbons (Fsp3) is 0.0833. The standard InChI is InChI=1S/C24H17NO6/c1-13(31-24(30)18-8-4-5-9-20(18)26)23(29)25-14-10-11-17-19(12-14)22(28)16-7-3-2-6-15(16)21(17)27/h2-13,26H,1H3,(H,25,29)/t13-/m0/s1. The summed E-state index contributed by atoms with van der Waals surface area (Å²) in [6.45, 7) is 1.39. The second-order valence-electron chi connectivity index (χ2n) is 7.02. The van der Waals surface area contributed by atoms with Crippen LogP contribution < -0.4 is 5.32 Å². The zero-order valence-electron chi connectivity index (χ0n) is 16.4. The van der Waals surface area contributed by atoms with Gasteiger partial charge in [-0.05, 0) is 37.3 Å². The molecule has 4 rings (SSSR count). The van der Waals surface area contributed by atoms with Crippen molar-refractivity contribution in [3.05, 3.63) is 94.5 Å². The zero-order valence-corrected chi connectivity index (χ0v) is 16.4. The van der Waals surface area contributed by atoms with Crippen molar-refractivity contribution >= 4 is 29.1 Å². The highest BCUT2D eigenvalue weighted by Gasteiger charge is 2.30. The van der Waals surface area contributed by atoms with E-state index in [1.807, 2.05) is 0 Å². The number of aromatic hydroxyl groups is 1. The van der Waals surface area contributed by atoms with Crippen LogP contribution in [0.25, 0.3) is 0 Å². The van der Waals surface area contributed by atoms with Crippen LogP contribution in [0.15, 0.2) is 66.7 Å². The van der Waals surface area contributed by atoms with Crippen LogP contribution in [-0.2, 0) is 9.53 Å². The van der Waals surface area contributed by atoms with Gasteiger partial charge in [0.05, 0.1) is 0 Å². The van der Waals surface area contributed by atoms with E-state index in [0.29, 0.717) is 11.1 Å². The fourth-order valence-electron chi connectivity index (χ4n) is 3.34. The lowest BCUT2D eigenvalue weighted by molar-refractivity contribution is -0.123. The number of rotatable bonds is 4. The third kappa shape index (κ3) is 3.69. The summed E-state index contributed by atoms with van der Waals surface area (Å²) in [6, 6.07) is 16.8. The molecule has 0 heterocycles. The molecular weight excluding hydrogens is 398 g/mol. The van der Waals surface area contributed by atoms with Crippen molar-refractivity contribution in [2.45, 2.75) is 13.0 Å². The first-order valence-corrected chi connectivity index (χ1v) is 9.49. The molecule has 0 aliphatic heterocycles. The molecule has 0 saturated carbocycles. The first-order chi connectivity index (χ1) is 14.9. The molecule has 0 fully saturated rings. The molecule has 0 bridgehead atoms. The van der Waals surface area contributed by atoms with Crippen molar-refractivity contribution < 1.29 is 29.0 Å². The van der Waals surface area contributed by atoms with Gasteiger partial charge in [0, 0.05) is 27.9 Å². The molecule has 154 valence electrons. The summed E-state index contributed by atoms with van der Waals surface area (Å²) in [6.07, 6.45) is -1.17. The summed E-state index contributed by atoms with van der Waals surface area (Å²) in [5.41, 5.74) is 1.35. The summed E-state index contributed by atoms with van der Waals surface area (Å²) in [5.74, 6) is -2.28. The number of nitrogens with one attached hydrogen (secondary N) is 1. The van der Waals surface area contributed by atoms with Gasteiger partial charge in [-0.25, -0.2) is 4.79 Å². The highest BCUT2D eigenvalue weighted by molar-refractivity contribution is 6.28. The van der Waals surface area contributed by atoms with Gasteiger partial charge in [-0.3, -0.25) is 14.4 Å². The lowest BCUT2D eigenvalue weighted by atomic mass is 9.84. The van der Waals surface area contributed by atoms with Gasteiger partial charge in [-0.2, -0.15) is 0 Å². The summed E-state index contributed by atoms with van der Waals surface area (Å²) < 4.78 is 5.12. The number of esters is 1. The molecule has 3 aromatic rings. The molecule has 2 N–H and O–H groups in total. The first kappa shape index (κ1) is 20.0. The SMILES string of the molecule is C[C@H](OC(=O)c1ccccc1O)C(=O)Nc1ccc2c(c1)C(=O)c1ccccc1C2=O. The molecule has 1 aliphatic carbocycles. The lowest BCUT2D eigenvalue weighted by Gasteiger charge is -2.19. The van der Waals surface area contributed by atoms with Gasteiger partial charge in [-0.15, -0.1) is 0 Å². The van der Waals surface area contributed by atoms with Crippen molar-refractivity contribution in [1.29, 1.82) is 0 Å². The van der Waals surface area contributed by atoms with Gasteiger partial charge in [0.25, 0.3) is 5.91 Å². The third-order valence-electron chi connectivity index (χ3n) is 4.97. The molecule has 0 spiro atoms. The Morgan fingerprint density at radius 1 is 0.839 bits per heavy atom. The van der Waals surface area contributed by atoms with Gasteiger partial charge in [0.15, 0.2) is 17.7 Å².